The zero-order valence-corrected chi connectivity index (χ0v) is 11.8. The highest BCUT2D eigenvalue weighted by Crippen LogP contribution is 2.21. The molecule has 0 spiro atoms. The molecule has 19 heavy (non-hydrogen) atoms. The van der Waals surface area contributed by atoms with Gasteiger partial charge in [-0.1, -0.05) is 19.1 Å². The van der Waals surface area contributed by atoms with Gasteiger partial charge in [-0.3, -0.25) is 0 Å². The van der Waals surface area contributed by atoms with E-state index in [0.29, 0.717) is 12.8 Å². The molecule has 0 bridgehead atoms. The van der Waals surface area contributed by atoms with Crippen molar-refractivity contribution in [1.82, 2.24) is 9.55 Å². The summed E-state index contributed by atoms with van der Waals surface area (Å²) in [6.45, 7) is 6.39. The summed E-state index contributed by atoms with van der Waals surface area (Å²) in [6, 6.07) is 7.94. The van der Waals surface area contributed by atoms with Crippen LogP contribution in [0.25, 0.3) is 11.0 Å². The first kappa shape index (κ1) is 14.0. The second-order valence-electron chi connectivity index (χ2n) is 5.19. The van der Waals surface area contributed by atoms with E-state index in [-0.39, 0.29) is 0 Å². The summed E-state index contributed by atoms with van der Waals surface area (Å²) in [5.41, 5.74) is 0.933. The van der Waals surface area contributed by atoms with Gasteiger partial charge in [-0.05, 0) is 32.4 Å². The predicted octanol–water partition coefficient (Wildman–Crippen LogP) is 2.12. The summed E-state index contributed by atoms with van der Waals surface area (Å²) in [5, 5.41) is 20.3. The number of nitrogens with zero attached hydrogens (tertiary/aromatic N) is 2. The molecule has 0 aliphatic carbocycles. The Kier molecular flexibility index (Phi) is 3.92. The maximum Gasteiger partial charge on any atom is 0.112 e. The fourth-order valence-electron chi connectivity index (χ4n) is 2.26. The van der Waals surface area contributed by atoms with E-state index in [0.717, 1.165) is 23.4 Å². The third-order valence-electron chi connectivity index (χ3n) is 3.86. The van der Waals surface area contributed by atoms with Gasteiger partial charge in [0, 0.05) is 13.0 Å². The van der Waals surface area contributed by atoms with Crippen LogP contribution in [-0.2, 0) is 13.0 Å². The Bertz CT molecular complexity index is 560. The highest BCUT2D eigenvalue weighted by atomic mass is 16.3. The fraction of sp³-hybridized carbons (Fsp3) is 0.533. The van der Waals surface area contributed by atoms with Crippen LogP contribution in [0.2, 0.25) is 0 Å². The van der Waals surface area contributed by atoms with Crippen molar-refractivity contribution in [1.29, 1.82) is 0 Å². The van der Waals surface area contributed by atoms with Crippen LogP contribution in [0.3, 0.4) is 0 Å². The molecule has 0 saturated heterocycles. The van der Waals surface area contributed by atoms with Crippen LogP contribution >= 0.6 is 0 Å². The van der Waals surface area contributed by atoms with Gasteiger partial charge in [-0.2, -0.15) is 0 Å². The Hall–Kier alpha value is -1.39. The van der Waals surface area contributed by atoms with E-state index in [1.165, 1.54) is 0 Å². The van der Waals surface area contributed by atoms with Gasteiger partial charge in [0.2, 0.25) is 0 Å². The third kappa shape index (κ3) is 2.65. The summed E-state index contributed by atoms with van der Waals surface area (Å²) in [5.74, 6) is 0.824. The molecule has 0 aliphatic heterocycles. The van der Waals surface area contributed by atoms with Crippen LogP contribution in [0.1, 0.15) is 33.0 Å². The normalized spacial score (nSPS) is 16.5. The number of imidazole rings is 1. The van der Waals surface area contributed by atoms with Crippen LogP contribution in [0.5, 0.6) is 0 Å². The Morgan fingerprint density at radius 3 is 2.63 bits per heavy atom. The summed E-state index contributed by atoms with van der Waals surface area (Å²) >= 11 is 0. The molecule has 1 aromatic carbocycles. The molecule has 0 radical (unpaired) electrons. The van der Waals surface area contributed by atoms with Crippen LogP contribution in [-0.4, -0.2) is 31.5 Å². The number of benzene rings is 1. The lowest BCUT2D eigenvalue weighted by atomic mass is 9.93. The summed E-state index contributed by atoms with van der Waals surface area (Å²) in [6.07, 6.45) is 0.0729. The standard InChI is InChI=1S/C15H22N2O2/c1-4-15(3,19)13(18)10-14-16-11-8-6-7-9-12(11)17(14)5-2/h6-9,13,18-19H,4-5,10H2,1-3H3. The first-order chi connectivity index (χ1) is 8.99. The highest BCUT2D eigenvalue weighted by molar-refractivity contribution is 5.75. The molecular weight excluding hydrogens is 240 g/mol. The zero-order valence-electron chi connectivity index (χ0n) is 11.8. The summed E-state index contributed by atoms with van der Waals surface area (Å²) in [4.78, 5) is 4.56. The van der Waals surface area contributed by atoms with Gasteiger partial charge in [0.15, 0.2) is 0 Å². The number of fused-ring (bicyclic) bond motifs is 1. The summed E-state index contributed by atoms with van der Waals surface area (Å²) < 4.78 is 2.09. The third-order valence-corrected chi connectivity index (χ3v) is 3.86. The second-order valence-corrected chi connectivity index (χ2v) is 5.19. The first-order valence-corrected chi connectivity index (χ1v) is 6.84. The van der Waals surface area contributed by atoms with Gasteiger partial charge >= 0.3 is 0 Å². The predicted molar refractivity (Wildman–Crippen MR) is 76.0 cm³/mol. The molecule has 104 valence electrons. The van der Waals surface area contributed by atoms with E-state index in [2.05, 4.69) is 16.5 Å². The van der Waals surface area contributed by atoms with Crippen LogP contribution in [0.4, 0.5) is 0 Å². The lowest BCUT2D eigenvalue weighted by Crippen LogP contribution is -2.40. The average molecular weight is 262 g/mol. The highest BCUT2D eigenvalue weighted by Gasteiger charge is 2.29. The Balaban J connectivity index is 2.35. The van der Waals surface area contributed by atoms with Crippen molar-refractivity contribution >= 4 is 11.0 Å². The lowest BCUT2D eigenvalue weighted by Gasteiger charge is -2.27. The minimum Gasteiger partial charge on any atom is -0.390 e. The van der Waals surface area contributed by atoms with Gasteiger partial charge in [0.05, 0.1) is 22.7 Å². The van der Waals surface area contributed by atoms with E-state index in [4.69, 9.17) is 0 Å². The van der Waals surface area contributed by atoms with E-state index in [1.54, 1.807) is 6.92 Å². The van der Waals surface area contributed by atoms with Gasteiger partial charge < -0.3 is 14.8 Å². The van der Waals surface area contributed by atoms with Gasteiger partial charge in [-0.25, -0.2) is 4.98 Å². The SMILES string of the molecule is CCn1c(CC(O)C(C)(O)CC)nc2ccccc21. The first-order valence-electron chi connectivity index (χ1n) is 6.84. The fourth-order valence-corrected chi connectivity index (χ4v) is 2.26. The molecular formula is C15H22N2O2. The number of aromatic nitrogens is 2. The molecule has 2 unspecified atom stereocenters. The van der Waals surface area contributed by atoms with Gasteiger partial charge in [0.25, 0.3) is 0 Å². The number of aliphatic hydroxyl groups excluding tert-OH is 1. The summed E-state index contributed by atoms with van der Waals surface area (Å²) in [7, 11) is 0. The van der Waals surface area contributed by atoms with Crippen molar-refractivity contribution in [2.45, 2.75) is 51.9 Å². The molecule has 2 N–H and O–H groups in total. The molecule has 0 saturated carbocycles. The topological polar surface area (TPSA) is 58.3 Å². The average Bonchev–Trinajstić information content (AvgIpc) is 2.75. The maximum atomic E-state index is 10.2. The molecule has 4 heteroatoms. The second kappa shape index (κ2) is 5.31. The minimum atomic E-state index is -1.07. The van der Waals surface area contributed by atoms with Crippen molar-refractivity contribution in [2.24, 2.45) is 0 Å². The van der Waals surface area contributed by atoms with E-state index in [9.17, 15) is 10.2 Å². The van der Waals surface area contributed by atoms with Crippen molar-refractivity contribution in [3.63, 3.8) is 0 Å². The van der Waals surface area contributed by atoms with E-state index < -0.39 is 11.7 Å². The molecule has 1 aromatic heterocycles. The van der Waals surface area contributed by atoms with Gasteiger partial charge in [0.1, 0.15) is 5.82 Å². The molecule has 1 heterocycles. The Labute approximate surface area is 113 Å². The molecule has 2 atom stereocenters. The molecule has 0 amide bonds. The number of aliphatic hydroxyl groups is 2. The van der Waals surface area contributed by atoms with E-state index >= 15 is 0 Å². The molecule has 0 fully saturated rings. The van der Waals surface area contributed by atoms with Crippen molar-refractivity contribution in [2.75, 3.05) is 0 Å². The molecule has 2 aromatic rings. The lowest BCUT2D eigenvalue weighted by molar-refractivity contribution is -0.0639. The maximum absolute atomic E-state index is 10.2. The van der Waals surface area contributed by atoms with Crippen molar-refractivity contribution in [3.8, 4) is 0 Å². The Morgan fingerprint density at radius 2 is 2.00 bits per heavy atom. The number of hydrogen-bond donors (Lipinski definition) is 2. The smallest absolute Gasteiger partial charge is 0.112 e. The largest absolute Gasteiger partial charge is 0.390 e. The molecule has 2 rings (SSSR count). The van der Waals surface area contributed by atoms with Crippen LogP contribution in [0, 0.1) is 0 Å². The van der Waals surface area contributed by atoms with Crippen LogP contribution < -0.4 is 0 Å². The van der Waals surface area contributed by atoms with Gasteiger partial charge in [-0.15, -0.1) is 0 Å². The number of para-hydroxylation sites is 2. The number of aryl methyl sites for hydroxylation is 1. The monoisotopic (exact) mass is 262 g/mol. The quantitative estimate of drug-likeness (QED) is 0.867. The van der Waals surface area contributed by atoms with Crippen LogP contribution in [0.15, 0.2) is 24.3 Å². The zero-order chi connectivity index (χ0) is 14.0. The molecule has 4 nitrogen and oxygen atoms in total. The van der Waals surface area contributed by atoms with Crippen molar-refractivity contribution < 1.29 is 10.2 Å². The van der Waals surface area contributed by atoms with E-state index in [1.807, 2.05) is 31.2 Å². The Morgan fingerprint density at radius 1 is 1.32 bits per heavy atom. The number of rotatable bonds is 5. The molecule has 0 aliphatic rings. The minimum absolute atomic E-state index is 0.364. The van der Waals surface area contributed by atoms with Crippen molar-refractivity contribution in [3.05, 3.63) is 30.1 Å². The number of hydrogen-bond acceptors (Lipinski definition) is 3.